The van der Waals surface area contributed by atoms with Crippen LogP contribution in [-0.4, -0.2) is 42.3 Å². The summed E-state index contributed by atoms with van der Waals surface area (Å²) in [5.41, 5.74) is 1.42. The number of halogens is 1. The van der Waals surface area contributed by atoms with Crippen LogP contribution in [0.4, 0.5) is 4.79 Å². The van der Waals surface area contributed by atoms with E-state index in [-0.39, 0.29) is 40.0 Å². The Labute approximate surface area is 188 Å². The highest BCUT2D eigenvalue weighted by Gasteiger charge is 2.35. The molecular weight excluding hydrogens is 442 g/mol. The topological polar surface area (TPSA) is 82.1 Å². The highest BCUT2D eigenvalue weighted by Crippen LogP contribution is 2.39. The van der Waals surface area contributed by atoms with Gasteiger partial charge in [0.05, 0.1) is 30.2 Å². The number of amides is 2. The zero-order valence-corrected chi connectivity index (χ0v) is 18.5. The molecule has 0 atom stereocenters. The summed E-state index contributed by atoms with van der Waals surface area (Å²) in [6.07, 6.45) is 1.58. The molecule has 0 N–H and O–H groups in total. The van der Waals surface area contributed by atoms with Gasteiger partial charge < -0.3 is 14.2 Å². The summed E-state index contributed by atoms with van der Waals surface area (Å²) >= 11 is 7.19. The first kappa shape index (κ1) is 22.7. The van der Waals surface area contributed by atoms with Gasteiger partial charge in [-0.15, -0.1) is 0 Å². The molecule has 31 heavy (non-hydrogen) atoms. The average molecular weight is 462 g/mol. The summed E-state index contributed by atoms with van der Waals surface area (Å²) in [4.78, 5) is 38.0. The smallest absolute Gasteiger partial charge is 0.343 e. The van der Waals surface area contributed by atoms with Crippen LogP contribution in [0.3, 0.4) is 0 Å². The fourth-order valence-electron chi connectivity index (χ4n) is 2.82. The van der Waals surface area contributed by atoms with Crippen molar-refractivity contribution in [1.29, 1.82) is 0 Å². The molecule has 0 spiro atoms. The second kappa shape index (κ2) is 10.4. The van der Waals surface area contributed by atoms with Gasteiger partial charge >= 0.3 is 5.97 Å². The van der Waals surface area contributed by atoms with E-state index in [0.29, 0.717) is 17.9 Å². The molecule has 0 unspecified atom stereocenters. The number of methoxy groups -OCH3 is 1. The molecule has 1 fully saturated rings. The molecular formula is C22H20ClNO6S. The summed E-state index contributed by atoms with van der Waals surface area (Å²) in [7, 11) is 1.25. The maximum atomic E-state index is 12.8. The number of hydrogen-bond donors (Lipinski definition) is 0. The van der Waals surface area contributed by atoms with Crippen molar-refractivity contribution in [3.63, 3.8) is 0 Å². The summed E-state index contributed by atoms with van der Waals surface area (Å²) in [5.74, 6) is -0.425. The largest absolute Gasteiger partial charge is 0.490 e. The fraction of sp³-hybridized carbons (Fsp3) is 0.227. The number of carbonyl (C=O) groups is 3. The Hall–Kier alpha value is -2.97. The Bertz CT molecular complexity index is 1020. The number of esters is 1. The molecule has 1 aliphatic rings. The normalized spacial score (nSPS) is 14.8. The monoisotopic (exact) mass is 461 g/mol. The first-order chi connectivity index (χ1) is 14.9. The molecule has 2 amide bonds. The molecule has 9 heteroatoms. The first-order valence-electron chi connectivity index (χ1n) is 9.38. The van der Waals surface area contributed by atoms with Crippen LogP contribution in [0.2, 0.25) is 5.02 Å². The molecule has 1 aliphatic heterocycles. The average Bonchev–Trinajstić information content (AvgIpc) is 3.01. The van der Waals surface area contributed by atoms with Gasteiger partial charge in [0.1, 0.15) is 0 Å². The number of ether oxygens (including phenoxy) is 3. The predicted molar refractivity (Wildman–Crippen MR) is 118 cm³/mol. The third-order valence-corrected chi connectivity index (χ3v) is 5.44. The van der Waals surface area contributed by atoms with Gasteiger partial charge in [-0.1, -0.05) is 41.9 Å². The fourth-order valence-corrected chi connectivity index (χ4v) is 3.93. The van der Waals surface area contributed by atoms with Gasteiger partial charge in [-0.05, 0) is 48.0 Å². The molecule has 162 valence electrons. The zero-order valence-electron chi connectivity index (χ0n) is 16.9. The number of nitrogens with zero attached hydrogens (tertiary/aromatic N) is 1. The second-order valence-corrected chi connectivity index (χ2v) is 7.78. The van der Waals surface area contributed by atoms with E-state index in [1.807, 2.05) is 30.3 Å². The van der Waals surface area contributed by atoms with E-state index in [4.69, 9.17) is 21.1 Å². The first-order valence-corrected chi connectivity index (χ1v) is 10.6. The van der Waals surface area contributed by atoms with Crippen molar-refractivity contribution < 1.29 is 28.6 Å². The zero-order chi connectivity index (χ0) is 22.4. The van der Waals surface area contributed by atoms with Crippen molar-refractivity contribution in [3.8, 4) is 11.5 Å². The van der Waals surface area contributed by atoms with E-state index in [1.54, 1.807) is 25.1 Å². The molecule has 7 nitrogen and oxygen atoms in total. The lowest BCUT2D eigenvalue weighted by Gasteiger charge is -2.14. The molecule has 0 aliphatic carbocycles. The lowest BCUT2D eigenvalue weighted by Crippen LogP contribution is -2.27. The van der Waals surface area contributed by atoms with Crippen molar-refractivity contribution in [1.82, 2.24) is 4.90 Å². The van der Waals surface area contributed by atoms with E-state index in [1.165, 1.54) is 12.0 Å². The van der Waals surface area contributed by atoms with Crippen molar-refractivity contribution in [2.24, 2.45) is 0 Å². The number of carbonyl (C=O) groups excluding carboxylic acids is 3. The number of imide groups is 1. The number of benzene rings is 2. The second-order valence-electron chi connectivity index (χ2n) is 6.38. The third kappa shape index (κ3) is 5.59. The molecule has 1 heterocycles. The maximum absolute atomic E-state index is 12.8. The van der Waals surface area contributed by atoms with Gasteiger partial charge in [0.25, 0.3) is 11.1 Å². The van der Waals surface area contributed by atoms with E-state index < -0.39 is 5.97 Å². The lowest BCUT2D eigenvalue weighted by molar-refractivity contribution is -0.142. The Kier molecular flexibility index (Phi) is 7.59. The van der Waals surface area contributed by atoms with Crippen LogP contribution in [0, 0.1) is 0 Å². The van der Waals surface area contributed by atoms with Crippen molar-refractivity contribution in [2.75, 3.05) is 20.3 Å². The number of hydrogen-bond acceptors (Lipinski definition) is 7. The third-order valence-electron chi connectivity index (χ3n) is 4.25. The Morgan fingerprint density at radius 2 is 1.90 bits per heavy atom. The summed E-state index contributed by atoms with van der Waals surface area (Å²) in [6.45, 7) is 2.00. The van der Waals surface area contributed by atoms with E-state index in [9.17, 15) is 14.4 Å². The van der Waals surface area contributed by atoms with E-state index in [2.05, 4.69) is 4.74 Å². The molecule has 0 radical (unpaired) electrons. The van der Waals surface area contributed by atoms with Crippen LogP contribution >= 0.6 is 23.4 Å². The Balaban J connectivity index is 1.84. The molecule has 0 saturated carbocycles. The van der Waals surface area contributed by atoms with Crippen LogP contribution in [-0.2, 0) is 20.9 Å². The highest BCUT2D eigenvalue weighted by molar-refractivity contribution is 8.18. The number of rotatable bonds is 8. The quantitative estimate of drug-likeness (QED) is 0.422. The van der Waals surface area contributed by atoms with Crippen molar-refractivity contribution in [2.45, 2.75) is 13.5 Å². The van der Waals surface area contributed by atoms with Crippen LogP contribution in [0.25, 0.3) is 6.08 Å². The van der Waals surface area contributed by atoms with Crippen LogP contribution in [0.15, 0.2) is 47.4 Å². The van der Waals surface area contributed by atoms with Crippen LogP contribution < -0.4 is 9.47 Å². The van der Waals surface area contributed by atoms with Crippen LogP contribution in [0.5, 0.6) is 11.5 Å². The van der Waals surface area contributed by atoms with E-state index in [0.717, 1.165) is 17.3 Å². The van der Waals surface area contributed by atoms with Gasteiger partial charge in [0.15, 0.2) is 18.1 Å². The van der Waals surface area contributed by atoms with Crippen molar-refractivity contribution in [3.05, 3.63) is 63.5 Å². The van der Waals surface area contributed by atoms with Gasteiger partial charge in [0, 0.05) is 0 Å². The highest BCUT2D eigenvalue weighted by atomic mass is 35.5. The molecule has 2 aromatic carbocycles. The van der Waals surface area contributed by atoms with Gasteiger partial charge in [-0.2, -0.15) is 0 Å². The van der Waals surface area contributed by atoms with Gasteiger partial charge in [0.2, 0.25) is 0 Å². The summed E-state index contributed by atoms with van der Waals surface area (Å²) in [6, 6.07) is 12.5. The molecule has 2 aromatic rings. The molecule has 0 aromatic heterocycles. The van der Waals surface area contributed by atoms with Gasteiger partial charge in [-0.3, -0.25) is 14.5 Å². The minimum Gasteiger partial charge on any atom is -0.490 e. The Morgan fingerprint density at radius 1 is 1.16 bits per heavy atom. The van der Waals surface area contributed by atoms with Gasteiger partial charge in [-0.25, -0.2) is 4.79 Å². The SMILES string of the molecule is CCOc1cc(/C=C2\SC(=O)N(Cc3ccccc3)C2=O)cc(Cl)c1OCC(=O)OC. The number of thioether (sulfide) groups is 1. The minimum atomic E-state index is -0.560. The summed E-state index contributed by atoms with van der Waals surface area (Å²) in [5, 5.41) is -0.140. The molecule has 1 saturated heterocycles. The predicted octanol–water partition coefficient (Wildman–Crippen LogP) is 4.53. The maximum Gasteiger partial charge on any atom is 0.343 e. The minimum absolute atomic E-state index is 0.197. The van der Waals surface area contributed by atoms with E-state index >= 15 is 0 Å². The Morgan fingerprint density at radius 3 is 2.58 bits per heavy atom. The summed E-state index contributed by atoms with van der Waals surface area (Å²) < 4.78 is 15.6. The molecule has 0 bridgehead atoms. The standard InChI is InChI=1S/C22H20ClNO6S/c1-3-29-17-10-15(9-16(23)20(17)30-13-19(25)28-2)11-18-21(26)24(22(27)31-18)12-14-7-5-4-6-8-14/h4-11H,3,12-13H2,1-2H3/b18-11-. The van der Waals surface area contributed by atoms with Crippen LogP contribution in [0.1, 0.15) is 18.1 Å². The lowest BCUT2D eigenvalue weighted by atomic mass is 10.1. The molecule has 3 rings (SSSR count). The van der Waals surface area contributed by atoms with Crippen molar-refractivity contribution >= 4 is 46.6 Å².